The van der Waals surface area contributed by atoms with Gasteiger partial charge in [-0.25, -0.2) is 0 Å². The normalized spacial score (nSPS) is 10.3. The van der Waals surface area contributed by atoms with Crippen LogP contribution in [0.1, 0.15) is 16.7 Å². The Morgan fingerprint density at radius 1 is 0.806 bits per heavy atom. The summed E-state index contributed by atoms with van der Waals surface area (Å²) in [7, 11) is 5.00. The number of rotatable bonds is 8. The molecule has 0 spiro atoms. The van der Waals surface area contributed by atoms with Gasteiger partial charge in [-0.1, -0.05) is 30.3 Å². The quantitative estimate of drug-likeness (QED) is 0.476. The molecule has 6 heteroatoms. The van der Waals surface area contributed by atoms with Crippen LogP contribution in [0.25, 0.3) is 0 Å². The van der Waals surface area contributed by atoms with E-state index in [2.05, 4.69) is 16.3 Å². The van der Waals surface area contributed by atoms with Crippen molar-refractivity contribution in [2.75, 3.05) is 26.6 Å². The lowest BCUT2D eigenvalue weighted by atomic mass is 10.1. The molecule has 31 heavy (non-hydrogen) atoms. The Morgan fingerprint density at radius 2 is 1.52 bits per heavy atom. The summed E-state index contributed by atoms with van der Waals surface area (Å²) in [5.74, 6) is 2.40. The molecule has 0 saturated heterocycles. The lowest BCUT2D eigenvalue weighted by molar-refractivity contribution is 0.399. The number of nitrogens with one attached hydrogen (secondary N) is 1. The molecule has 3 rings (SSSR count). The largest absolute Gasteiger partial charge is 0.497 e. The highest BCUT2D eigenvalue weighted by molar-refractivity contribution is 7.80. The summed E-state index contributed by atoms with van der Waals surface area (Å²) in [4.78, 5) is 2.12. The topological polar surface area (TPSA) is 43.0 Å². The number of nitrogens with zero attached hydrogens (tertiary/aromatic N) is 1. The molecule has 0 atom stereocenters. The van der Waals surface area contributed by atoms with Crippen molar-refractivity contribution in [2.45, 2.75) is 20.0 Å². The number of ether oxygens (including phenoxy) is 3. The van der Waals surface area contributed by atoms with E-state index in [0.29, 0.717) is 18.2 Å². The lowest BCUT2D eigenvalue weighted by Crippen LogP contribution is -2.34. The average molecular weight is 437 g/mol. The van der Waals surface area contributed by atoms with Crippen molar-refractivity contribution >= 4 is 23.0 Å². The minimum Gasteiger partial charge on any atom is -0.497 e. The van der Waals surface area contributed by atoms with Gasteiger partial charge in [0.05, 0.1) is 27.0 Å². The molecule has 0 bridgehead atoms. The summed E-state index contributed by atoms with van der Waals surface area (Å²) < 4.78 is 16.2. The van der Waals surface area contributed by atoms with Crippen LogP contribution in [0.2, 0.25) is 0 Å². The van der Waals surface area contributed by atoms with Gasteiger partial charge in [0.25, 0.3) is 0 Å². The van der Waals surface area contributed by atoms with Crippen molar-refractivity contribution in [3.8, 4) is 17.2 Å². The van der Waals surface area contributed by atoms with Gasteiger partial charge in [-0.3, -0.25) is 0 Å². The molecule has 1 N–H and O–H groups in total. The minimum absolute atomic E-state index is 0.612. The Labute approximate surface area is 189 Å². The number of benzene rings is 3. The Morgan fingerprint density at radius 3 is 2.19 bits per heavy atom. The summed E-state index contributed by atoms with van der Waals surface area (Å²) in [6.07, 6.45) is 0. The standard InChI is InChI=1S/C25H28N2O3S/c1-18-8-13-23(24(14-18)30-4)26-25(31)27(16-19-9-11-21(28-2)12-10-19)17-20-6-5-7-22(15-20)29-3/h5-15H,16-17H2,1-4H3,(H,26,31). The third-order valence-corrected chi connectivity index (χ3v) is 5.29. The molecule has 0 fully saturated rings. The highest BCUT2D eigenvalue weighted by Gasteiger charge is 2.14. The maximum atomic E-state index is 5.81. The second kappa shape index (κ2) is 10.7. The smallest absolute Gasteiger partial charge is 0.174 e. The first-order chi connectivity index (χ1) is 15.0. The zero-order valence-corrected chi connectivity index (χ0v) is 19.2. The summed E-state index contributed by atoms with van der Waals surface area (Å²) >= 11 is 5.81. The molecule has 0 heterocycles. The van der Waals surface area contributed by atoms with E-state index in [-0.39, 0.29) is 0 Å². The monoisotopic (exact) mass is 436 g/mol. The van der Waals surface area contributed by atoms with E-state index in [4.69, 9.17) is 26.4 Å². The Bertz CT molecular complexity index is 1020. The van der Waals surface area contributed by atoms with Crippen molar-refractivity contribution in [1.29, 1.82) is 0 Å². The van der Waals surface area contributed by atoms with Gasteiger partial charge in [0.15, 0.2) is 5.11 Å². The van der Waals surface area contributed by atoms with E-state index < -0.39 is 0 Å². The van der Waals surface area contributed by atoms with Gasteiger partial charge in [0.1, 0.15) is 17.2 Å². The van der Waals surface area contributed by atoms with Gasteiger partial charge >= 0.3 is 0 Å². The second-order valence-electron chi connectivity index (χ2n) is 7.19. The Kier molecular flexibility index (Phi) is 7.73. The fourth-order valence-corrected chi connectivity index (χ4v) is 3.48. The zero-order valence-electron chi connectivity index (χ0n) is 18.3. The molecule has 0 saturated carbocycles. The van der Waals surface area contributed by atoms with Crippen molar-refractivity contribution in [2.24, 2.45) is 0 Å². The van der Waals surface area contributed by atoms with Crippen LogP contribution < -0.4 is 19.5 Å². The van der Waals surface area contributed by atoms with Gasteiger partial charge in [-0.15, -0.1) is 0 Å². The van der Waals surface area contributed by atoms with Crippen molar-refractivity contribution in [3.63, 3.8) is 0 Å². The molecule has 0 aliphatic carbocycles. The number of hydrogen-bond donors (Lipinski definition) is 1. The van der Waals surface area contributed by atoms with Gasteiger partial charge < -0.3 is 24.4 Å². The third-order valence-electron chi connectivity index (χ3n) is 4.93. The van der Waals surface area contributed by atoms with E-state index in [1.165, 1.54) is 0 Å². The molecule has 3 aromatic rings. The minimum atomic E-state index is 0.612. The number of aryl methyl sites for hydroxylation is 1. The van der Waals surface area contributed by atoms with Crippen LogP contribution in [-0.4, -0.2) is 31.3 Å². The van der Waals surface area contributed by atoms with E-state index in [0.717, 1.165) is 39.6 Å². The highest BCUT2D eigenvalue weighted by atomic mass is 32.1. The maximum Gasteiger partial charge on any atom is 0.174 e. The first-order valence-electron chi connectivity index (χ1n) is 9.99. The Balaban J connectivity index is 1.85. The van der Waals surface area contributed by atoms with E-state index >= 15 is 0 Å². The fraction of sp³-hybridized carbons (Fsp3) is 0.240. The van der Waals surface area contributed by atoms with Crippen molar-refractivity contribution in [1.82, 2.24) is 4.90 Å². The van der Waals surface area contributed by atoms with Crippen LogP contribution in [0.15, 0.2) is 66.7 Å². The van der Waals surface area contributed by atoms with Crippen LogP contribution in [0.4, 0.5) is 5.69 Å². The Hall–Kier alpha value is -3.25. The van der Waals surface area contributed by atoms with Crippen LogP contribution in [0, 0.1) is 6.92 Å². The number of anilines is 1. The van der Waals surface area contributed by atoms with Crippen LogP contribution >= 0.6 is 12.2 Å². The molecule has 0 radical (unpaired) electrons. The molecule has 0 aliphatic heterocycles. The van der Waals surface area contributed by atoms with E-state index in [1.807, 2.05) is 67.6 Å². The molecular weight excluding hydrogens is 408 g/mol. The molecule has 0 unspecified atom stereocenters. The summed E-state index contributed by atoms with van der Waals surface area (Å²) in [6.45, 7) is 3.30. The van der Waals surface area contributed by atoms with E-state index in [9.17, 15) is 0 Å². The maximum absolute atomic E-state index is 5.81. The molecule has 3 aromatic carbocycles. The van der Waals surface area contributed by atoms with Gasteiger partial charge in [-0.05, 0) is 72.2 Å². The zero-order chi connectivity index (χ0) is 22.2. The second-order valence-corrected chi connectivity index (χ2v) is 7.58. The number of hydrogen-bond acceptors (Lipinski definition) is 4. The third kappa shape index (κ3) is 6.12. The van der Waals surface area contributed by atoms with E-state index in [1.54, 1.807) is 21.3 Å². The molecule has 0 amide bonds. The number of methoxy groups -OCH3 is 3. The first kappa shape index (κ1) is 22.4. The van der Waals surface area contributed by atoms with Crippen LogP contribution in [0.5, 0.6) is 17.2 Å². The lowest BCUT2D eigenvalue weighted by Gasteiger charge is -2.27. The SMILES string of the molecule is COc1ccc(CN(Cc2cccc(OC)c2)C(=S)Nc2ccc(C)cc2OC)cc1. The molecule has 0 aliphatic rings. The predicted octanol–water partition coefficient (Wildman–Crippen LogP) is 5.42. The van der Waals surface area contributed by atoms with Crippen molar-refractivity contribution < 1.29 is 14.2 Å². The summed E-state index contributed by atoms with van der Waals surface area (Å²) in [6, 6.07) is 22.0. The van der Waals surface area contributed by atoms with Gasteiger partial charge in [-0.2, -0.15) is 0 Å². The predicted molar refractivity (Wildman–Crippen MR) is 129 cm³/mol. The molecule has 5 nitrogen and oxygen atoms in total. The van der Waals surface area contributed by atoms with Gasteiger partial charge in [0.2, 0.25) is 0 Å². The molecule has 0 aromatic heterocycles. The van der Waals surface area contributed by atoms with Gasteiger partial charge in [0, 0.05) is 13.1 Å². The molecular formula is C25H28N2O3S. The van der Waals surface area contributed by atoms with Crippen LogP contribution in [-0.2, 0) is 13.1 Å². The van der Waals surface area contributed by atoms with Crippen LogP contribution in [0.3, 0.4) is 0 Å². The number of thiocarbonyl (C=S) groups is 1. The van der Waals surface area contributed by atoms with Crippen molar-refractivity contribution in [3.05, 3.63) is 83.4 Å². The summed E-state index contributed by atoms with van der Waals surface area (Å²) in [5.41, 5.74) is 4.19. The highest BCUT2D eigenvalue weighted by Crippen LogP contribution is 2.26. The fourth-order valence-electron chi connectivity index (χ4n) is 3.24. The first-order valence-corrected chi connectivity index (χ1v) is 10.4. The summed E-state index contributed by atoms with van der Waals surface area (Å²) in [5, 5.41) is 3.97. The average Bonchev–Trinajstić information content (AvgIpc) is 2.80. The molecule has 162 valence electrons.